The molecule has 0 aromatic rings. The molecule has 0 amide bonds. The molecule has 1 aliphatic heterocycles. The van der Waals surface area contributed by atoms with E-state index < -0.39 is 5.60 Å². The number of ether oxygens (including phenoxy) is 1. The minimum absolute atomic E-state index is 0.0134. The van der Waals surface area contributed by atoms with Gasteiger partial charge in [-0.05, 0) is 33.1 Å². The fourth-order valence-electron chi connectivity index (χ4n) is 2.70. The number of hydrogen-bond acceptors (Lipinski definition) is 3. The third-order valence-corrected chi connectivity index (χ3v) is 4.11. The van der Waals surface area contributed by atoms with E-state index in [1.165, 1.54) is 0 Å². The smallest absolute Gasteiger partial charge is 0.133 e. The highest BCUT2D eigenvalue weighted by atomic mass is 16.6. The number of epoxide rings is 1. The average molecular weight is 198 g/mol. The van der Waals surface area contributed by atoms with Crippen LogP contribution in [0.5, 0.6) is 0 Å². The van der Waals surface area contributed by atoms with Crippen LogP contribution in [0.15, 0.2) is 0 Å². The summed E-state index contributed by atoms with van der Waals surface area (Å²) in [6, 6.07) is 0. The number of rotatable bonds is 2. The van der Waals surface area contributed by atoms with Crippen molar-refractivity contribution in [1.82, 2.24) is 0 Å². The number of ketones is 1. The van der Waals surface area contributed by atoms with Crippen molar-refractivity contribution in [3.05, 3.63) is 0 Å². The standard InChI is InChI=1S/C11H18O3/c1-4-11(13)6-8(7(2)12)5-9-10(11,3)14-9/h8-9,13H,4-6H2,1-3H3. The Balaban J connectivity index is 2.20. The highest BCUT2D eigenvalue weighted by Crippen LogP contribution is 2.56. The maximum absolute atomic E-state index is 11.3. The predicted molar refractivity (Wildman–Crippen MR) is 51.9 cm³/mol. The lowest BCUT2D eigenvalue weighted by atomic mass is 9.69. The molecule has 0 spiro atoms. The number of aliphatic hydroxyl groups is 1. The first-order valence-corrected chi connectivity index (χ1v) is 5.33. The summed E-state index contributed by atoms with van der Waals surface area (Å²) < 4.78 is 5.55. The van der Waals surface area contributed by atoms with Crippen LogP contribution < -0.4 is 0 Å². The molecule has 0 aromatic carbocycles. The van der Waals surface area contributed by atoms with Gasteiger partial charge in [0.05, 0.1) is 11.7 Å². The zero-order valence-corrected chi connectivity index (χ0v) is 9.04. The minimum atomic E-state index is -0.799. The summed E-state index contributed by atoms with van der Waals surface area (Å²) in [5.41, 5.74) is -1.18. The first-order valence-electron chi connectivity index (χ1n) is 5.33. The lowest BCUT2D eigenvalue weighted by molar-refractivity contribution is -0.126. The molecule has 0 bridgehead atoms. The third-order valence-electron chi connectivity index (χ3n) is 4.11. The number of hydrogen-bond donors (Lipinski definition) is 1. The molecule has 3 nitrogen and oxygen atoms in total. The van der Waals surface area contributed by atoms with E-state index in [0.29, 0.717) is 12.8 Å². The zero-order valence-electron chi connectivity index (χ0n) is 9.04. The van der Waals surface area contributed by atoms with E-state index in [1.807, 2.05) is 13.8 Å². The van der Waals surface area contributed by atoms with Gasteiger partial charge >= 0.3 is 0 Å². The molecule has 0 aromatic heterocycles. The SMILES string of the molecule is CCC1(O)CC(C(C)=O)CC2OC21C. The number of carbonyl (C=O) groups excluding carboxylic acids is 1. The largest absolute Gasteiger partial charge is 0.387 e. The second-order valence-electron chi connectivity index (χ2n) is 4.85. The van der Waals surface area contributed by atoms with Crippen LogP contribution in [0.2, 0.25) is 0 Å². The molecule has 2 fully saturated rings. The Bertz CT molecular complexity index is 276. The Morgan fingerprint density at radius 3 is 2.79 bits per heavy atom. The van der Waals surface area contributed by atoms with Gasteiger partial charge in [-0.15, -0.1) is 0 Å². The summed E-state index contributed by atoms with van der Waals surface area (Å²) in [6.45, 7) is 5.51. The Kier molecular flexibility index (Phi) is 2.02. The van der Waals surface area contributed by atoms with Gasteiger partial charge in [0, 0.05) is 5.92 Å². The second kappa shape index (κ2) is 2.80. The van der Waals surface area contributed by atoms with Crippen molar-refractivity contribution in [2.75, 3.05) is 0 Å². The molecule has 4 unspecified atom stereocenters. The van der Waals surface area contributed by atoms with Gasteiger partial charge in [-0.1, -0.05) is 6.92 Å². The van der Waals surface area contributed by atoms with Crippen LogP contribution in [0.1, 0.15) is 40.0 Å². The number of fused-ring (bicyclic) bond motifs is 1. The zero-order chi connectivity index (χ0) is 10.6. The Morgan fingerprint density at radius 2 is 2.29 bits per heavy atom. The van der Waals surface area contributed by atoms with Crippen molar-refractivity contribution < 1.29 is 14.6 Å². The van der Waals surface area contributed by atoms with E-state index in [0.717, 1.165) is 6.42 Å². The molecular weight excluding hydrogens is 180 g/mol. The van der Waals surface area contributed by atoms with E-state index in [9.17, 15) is 9.90 Å². The molecule has 14 heavy (non-hydrogen) atoms. The van der Waals surface area contributed by atoms with Gasteiger partial charge in [-0.2, -0.15) is 0 Å². The number of carbonyl (C=O) groups is 1. The Morgan fingerprint density at radius 1 is 1.64 bits per heavy atom. The second-order valence-corrected chi connectivity index (χ2v) is 4.85. The van der Waals surface area contributed by atoms with Gasteiger partial charge in [-0.25, -0.2) is 0 Å². The van der Waals surface area contributed by atoms with E-state index in [4.69, 9.17) is 4.74 Å². The van der Waals surface area contributed by atoms with Gasteiger partial charge in [0.15, 0.2) is 0 Å². The fourth-order valence-corrected chi connectivity index (χ4v) is 2.70. The molecule has 1 aliphatic carbocycles. The molecule has 1 heterocycles. The summed E-state index contributed by atoms with van der Waals surface area (Å²) >= 11 is 0. The van der Waals surface area contributed by atoms with Gasteiger partial charge in [-0.3, -0.25) is 4.79 Å². The summed E-state index contributed by atoms with van der Waals surface area (Å²) in [5.74, 6) is 0.162. The molecule has 1 saturated carbocycles. The first-order chi connectivity index (χ1) is 6.43. The quantitative estimate of drug-likeness (QED) is 0.680. The fraction of sp³-hybridized carbons (Fsp3) is 0.909. The summed E-state index contributed by atoms with van der Waals surface area (Å²) in [6.07, 6.45) is 2.10. The van der Waals surface area contributed by atoms with E-state index in [2.05, 4.69) is 0 Å². The molecule has 80 valence electrons. The van der Waals surface area contributed by atoms with Crippen molar-refractivity contribution in [3.63, 3.8) is 0 Å². The summed E-state index contributed by atoms with van der Waals surface area (Å²) in [4.78, 5) is 11.3. The molecule has 0 radical (unpaired) electrons. The number of Topliss-reactive ketones (excluding diaryl/α,β-unsaturated/α-hetero) is 1. The van der Waals surface area contributed by atoms with Crippen LogP contribution >= 0.6 is 0 Å². The van der Waals surface area contributed by atoms with E-state index in [1.54, 1.807) is 6.92 Å². The Labute approximate surface area is 84.4 Å². The topological polar surface area (TPSA) is 49.8 Å². The molecular formula is C11H18O3. The molecule has 1 saturated heterocycles. The van der Waals surface area contributed by atoms with Gasteiger partial charge in [0.2, 0.25) is 0 Å². The maximum Gasteiger partial charge on any atom is 0.133 e. The van der Waals surface area contributed by atoms with Crippen LogP contribution in [-0.4, -0.2) is 28.2 Å². The molecule has 3 heteroatoms. The van der Waals surface area contributed by atoms with E-state index >= 15 is 0 Å². The normalized spacial score (nSPS) is 51.1. The van der Waals surface area contributed by atoms with Crippen molar-refractivity contribution in [3.8, 4) is 0 Å². The van der Waals surface area contributed by atoms with Crippen molar-refractivity contribution in [2.24, 2.45) is 5.92 Å². The monoisotopic (exact) mass is 198 g/mol. The lowest BCUT2D eigenvalue weighted by Gasteiger charge is -2.37. The molecule has 1 N–H and O–H groups in total. The highest BCUT2D eigenvalue weighted by Gasteiger charge is 2.68. The van der Waals surface area contributed by atoms with Crippen LogP contribution in [0.3, 0.4) is 0 Å². The van der Waals surface area contributed by atoms with Crippen LogP contribution in [0.4, 0.5) is 0 Å². The van der Waals surface area contributed by atoms with Crippen LogP contribution in [-0.2, 0) is 9.53 Å². The highest BCUT2D eigenvalue weighted by molar-refractivity contribution is 5.78. The minimum Gasteiger partial charge on any atom is -0.387 e. The summed E-state index contributed by atoms with van der Waals surface area (Å²) in [7, 11) is 0. The lowest BCUT2D eigenvalue weighted by Crippen LogP contribution is -2.50. The van der Waals surface area contributed by atoms with Crippen molar-refractivity contribution >= 4 is 5.78 Å². The summed E-state index contributed by atoms with van der Waals surface area (Å²) in [5, 5.41) is 10.4. The molecule has 2 rings (SSSR count). The van der Waals surface area contributed by atoms with Crippen molar-refractivity contribution in [2.45, 2.75) is 57.3 Å². The van der Waals surface area contributed by atoms with Crippen molar-refractivity contribution in [1.29, 1.82) is 0 Å². The maximum atomic E-state index is 11.3. The predicted octanol–water partition coefficient (Wildman–Crippen LogP) is 1.28. The van der Waals surface area contributed by atoms with Gasteiger partial charge in [0.1, 0.15) is 11.4 Å². The average Bonchev–Trinajstić information content (AvgIpc) is 2.78. The van der Waals surface area contributed by atoms with Gasteiger partial charge < -0.3 is 9.84 Å². The van der Waals surface area contributed by atoms with Crippen LogP contribution in [0, 0.1) is 5.92 Å². The Hall–Kier alpha value is -0.410. The molecule has 4 atom stereocenters. The molecule has 2 aliphatic rings. The van der Waals surface area contributed by atoms with E-state index in [-0.39, 0.29) is 23.4 Å². The first kappa shape index (κ1) is 10.1. The van der Waals surface area contributed by atoms with Gasteiger partial charge in [0.25, 0.3) is 0 Å². The van der Waals surface area contributed by atoms with Crippen LogP contribution in [0.25, 0.3) is 0 Å². The third kappa shape index (κ3) is 1.15.